The molecule has 6 nitrogen and oxygen atoms in total. The second kappa shape index (κ2) is 14.0. The van der Waals surface area contributed by atoms with E-state index in [1.165, 1.54) is 0 Å². The summed E-state index contributed by atoms with van der Waals surface area (Å²) in [5.41, 5.74) is 1.84. The average Bonchev–Trinajstić information content (AvgIpc) is 3.13. The topological polar surface area (TPSA) is 93.1 Å². The lowest BCUT2D eigenvalue weighted by Crippen LogP contribution is -2.25. The zero-order valence-electron chi connectivity index (χ0n) is 22.4. The molecule has 0 saturated carbocycles. The third kappa shape index (κ3) is 7.16. The van der Waals surface area contributed by atoms with E-state index in [4.69, 9.17) is 9.47 Å². The Labute approximate surface area is 216 Å². The smallest absolute Gasteiger partial charge is 0.172 e. The Bertz CT molecular complexity index is 1100. The molecule has 0 atom stereocenters. The Kier molecular flexibility index (Phi) is 11.1. The largest absolute Gasteiger partial charge is 0.493 e. The van der Waals surface area contributed by atoms with Gasteiger partial charge in [0.2, 0.25) is 0 Å². The maximum atomic E-state index is 9.81. The predicted octanol–water partition coefficient (Wildman–Crippen LogP) is 7.22. The number of unbranched alkanes of at least 4 members (excludes halogenated alkanes) is 3. The van der Waals surface area contributed by atoms with Gasteiger partial charge in [0.1, 0.15) is 35.1 Å². The Morgan fingerprint density at radius 1 is 0.972 bits per heavy atom. The molecule has 0 aromatic heterocycles. The van der Waals surface area contributed by atoms with Gasteiger partial charge in [0.05, 0.1) is 6.61 Å². The van der Waals surface area contributed by atoms with Crippen molar-refractivity contribution < 1.29 is 9.47 Å². The lowest BCUT2D eigenvalue weighted by Gasteiger charge is -2.26. The van der Waals surface area contributed by atoms with Crippen LogP contribution in [0.2, 0.25) is 0 Å². The Hall–Kier alpha value is -3.69. The highest BCUT2D eigenvalue weighted by Gasteiger charge is 2.38. The van der Waals surface area contributed by atoms with Gasteiger partial charge in [-0.1, -0.05) is 52.2 Å². The first kappa shape index (κ1) is 28.5. The van der Waals surface area contributed by atoms with Gasteiger partial charge in [-0.3, -0.25) is 0 Å². The minimum absolute atomic E-state index is 0.0457. The number of anilines is 1. The van der Waals surface area contributed by atoms with E-state index in [-0.39, 0.29) is 16.9 Å². The van der Waals surface area contributed by atoms with Crippen LogP contribution in [-0.2, 0) is 4.74 Å². The Morgan fingerprint density at radius 3 is 2.17 bits per heavy atom. The van der Waals surface area contributed by atoms with Gasteiger partial charge < -0.3 is 14.4 Å². The molecule has 0 unspecified atom stereocenters. The molecule has 0 saturated heterocycles. The maximum absolute atomic E-state index is 9.81. The number of nitriles is 3. The highest BCUT2D eigenvalue weighted by Crippen LogP contribution is 2.40. The number of rotatable bonds is 13. The lowest BCUT2D eigenvalue weighted by molar-refractivity contribution is 0.0954. The highest BCUT2D eigenvalue weighted by atomic mass is 16.5. The molecule has 0 bridgehead atoms. The average molecular weight is 487 g/mol. The summed E-state index contributed by atoms with van der Waals surface area (Å²) in [6, 6.07) is 12.1. The summed E-state index contributed by atoms with van der Waals surface area (Å²) in [5.74, 6) is 0.848. The summed E-state index contributed by atoms with van der Waals surface area (Å²) < 4.78 is 12.1. The fourth-order valence-corrected chi connectivity index (χ4v) is 4.03. The molecule has 0 amide bonds. The van der Waals surface area contributed by atoms with E-state index in [9.17, 15) is 15.8 Å². The molecule has 1 aliphatic rings. The molecule has 0 fully saturated rings. The second-order valence-electron chi connectivity index (χ2n) is 9.39. The van der Waals surface area contributed by atoms with Gasteiger partial charge in [-0.05, 0) is 45.2 Å². The van der Waals surface area contributed by atoms with Crippen molar-refractivity contribution in [2.75, 3.05) is 24.6 Å². The van der Waals surface area contributed by atoms with E-state index in [0.717, 1.165) is 68.6 Å². The number of allylic oxidation sites excluding steroid dienone is 2. The van der Waals surface area contributed by atoms with Gasteiger partial charge in [0.15, 0.2) is 11.3 Å². The molecule has 0 aliphatic carbocycles. The van der Waals surface area contributed by atoms with Crippen LogP contribution < -0.4 is 9.64 Å². The van der Waals surface area contributed by atoms with E-state index in [2.05, 4.69) is 49.9 Å². The van der Waals surface area contributed by atoms with Gasteiger partial charge in [-0.2, -0.15) is 15.8 Å². The molecule has 0 N–H and O–H groups in total. The molecular weight excluding hydrogens is 448 g/mol. The van der Waals surface area contributed by atoms with Crippen molar-refractivity contribution in [1.29, 1.82) is 15.8 Å². The number of nitrogens with zero attached hydrogens (tertiary/aromatic N) is 4. The van der Waals surface area contributed by atoms with E-state index in [0.29, 0.717) is 12.2 Å². The van der Waals surface area contributed by atoms with Crippen molar-refractivity contribution in [3.8, 4) is 24.0 Å². The summed E-state index contributed by atoms with van der Waals surface area (Å²) in [4.78, 5) is 2.43. The number of ether oxygens (including phenoxy) is 2. The first-order valence-electron chi connectivity index (χ1n) is 12.9. The molecule has 0 spiro atoms. The van der Waals surface area contributed by atoms with Gasteiger partial charge in [0, 0.05) is 36.0 Å². The van der Waals surface area contributed by atoms with Crippen LogP contribution in [0.5, 0.6) is 5.75 Å². The minimum atomic E-state index is -0.851. The van der Waals surface area contributed by atoms with Crippen molar-refractivity contribution in [2.24, 2.45) is 0 Å². The molecule has 190 valence electrons. The fourth-order valence-electron chi connectivity index (χ4n) is 4.03. The summed E-state index contributed by atoms with van der Waals surface area (Å²) in [6.07, 6.45) is 10.3. The molecule has 36 heavy (non-hydrogen) atoms. The minimum Gasteiger partial charge on any atom is -0.493 e. The zero-order valence-corrected chi connectivity index (χ0v) is 22.4. The normalized spacial score (nSPS) is 14.2. The van der Waals surface area contributed by atoms with Crippen molar-refractivity contribution in [3.05, 3.63) is 52.3 Å². The second-order valence-corrected chi connectivity index (χ2v) is 9.39. The lowest BCUT2D eigenvalue weighted by atomic mass is 9.94. The molecule has 6 heteroatoms. The predicted molar refractivity (Wildman–Crippen MR) is 144 cm³/mol. The number of benzene rings is 1. The third-order valence-corrected chi connectivity index (χ3v) is 6.18. The number of hydrogen-bond acceptors (Lipinski definition) is 6. The number of hydrogen-bond donors (Lipinski definition) is 0. The van der Waals surface area contributed by atoms with Crippen LogP contribution in [0.15, 0.2) is 46.8 Å². The monoisotopic (exact) mass is 486 g/mol. The molecule has 1 aromatic carbocycles. The van der Waals surface area contributed by atoms with Gasteiger partial charge >= 0.3 is 0 Å². The summed E-state index contributed by atoms with van der Waals surface area (Å²) in [7, 11) is 0. The molecule has 1 heterocycles. The Balaban J connectivity index is 2.51. The first-order chi connectivity index (χ1) is 17.4. The van der Waals surface area contributed by atoms with E-state index >= 15 is 0 Å². The molecular formula is C30H38N4O2. The van der Waals surface area contributed by atoms with Crippen LogP contribution >= 0.6 is 0 Å². The summed E-state index contributed by atoms with van der Waals surface area (Å²) >= 11 is 0. The standard InChI is InChI=1S/C30H38N4O2/c1-6-9-16-34(17-10-7-2)25-14-12-23(28(19-25)35-18-11-8-3)13-15-27-26(22-33)29(24(20-31)21-32)36-30(27,4)5/h12-15,19H,6-11,16-18H2,1-5H3/b15-13+. The van der Waals surface area contributed by atoms with Crippen LogP contribution in [0.3, 0.4) is 0 Å². The third-order valence-electron chi connectivity index (χ3n) is 6.18. The summed E-state index contributed by atoms with van der Waals surface area (Å²) in [6.45, 7) is 12.9. The van der Waals surface area contributed by atoms with Gasteiger partial charge in [-0.15, -0.1) is 0 Å². The van der Waals surface area contributed by atoms with Crippen LogP contribution in [0, 0.1) is 34.0 Å². The van der Waals surface area contributed by atoms with E-state index in [1.54, 1.807) is 0 Å². The Morgan fingerprint density at radius 2 is 1.61 bits per heavy atom. The van der Waals surface area contributed by atoms with Crippen LogP contribution in [0.4, 0.5) is 5.69 Å². The molecule has 1 aromatic rings. The quantitative estimate of drug-likeness (QED) is 0.216. The zero-order chi connectivity index (χ0) is 26.6. The highest BCUT2D eigenvalue weighted by molar-refractivity contribution is 5.68. The van der Waals surface area contributed by atoms with Crippen molar-refractivity contribution in [2.45, 2.75) is 78.7 Å². The van der Waals surface area contributed by atoms with Crippen molar-refractivity contribution in [1.82, 2.24) is 0 Å². The molecule has 0 radical (unpaired) electrons. The summed E-state index contributed by atoms with van der Waals surface area (Å²) in [5, 5.41) is 28.4. The maximum Gasteiger partial charge on any atom is 0.172 e. The SMILES string of the molecule is CCCCOc1cc(N(CCCC)CCCC)ccc1/C=C/C1=C(C#N)C(=C(C#N)C#N)OC1(C)C. The first-order valence-corrected chi connectivity index (χ1v) is 12.9. The van der Waals surface area contributed by atoms with Crippen LogP contribution in [-0.4, -0.2) is 25.3 Å². The fraction of sp³-hybridized carbons (Fsp3) is 0.500. The molecule has 1 aliphatic heterocycles. The van der Waals surface area contributed by atoms with Crippen LogP contribution in [0.1, 0.15) is 78.7 Å². The van der Waals surface area contributed by atoms with Crippen molar-refractivity contribution in [3.63, 3.8) is 0 Å². The van der Waals surface area contributed by atoms with Crippen LogP contribution in [0.25, 0.3) is 6.08 Å². The van der Waals surface area contributed by atoms with Gasteiger partial charge in [-0.25, -0.2) is 0 Å². The van der Waals surface area contributed by atoms with Crippen molar-refractivity contribution >= 4 is 11.8 Å². The van der Waals surface area contributed by atoms with Gasteiger partial charge in [0.25, 0.3) is 0 Å². The van der Waals surface area contributed by atoms with E-state index < -0.39 is 5.60 Å². The molecule has 2 rings (SSSR count). The van der Waals surface area contributed by atoms with E-state index in [1.807, 2.05) is 38.1 Å².